The molecule has 4 aliphatic rings. The zero-order valence-electron chi connectivity index (χ0n) is 39.7. The summed E-state index contributed by atoms with van der Waals surface area (Å²) in [4.78, 5) is 69.0. The molecule has 4 atom stereocenters. The Morgan fingerprint density at radius 2 is 1.90 bits per heavy atom. The Balaban J connectivity index is 0.00000703. The second-order valence-electron chi connectivity index (χ2n) is 19.9. The average molecular weight is 1230 g/mol. The topological polar surface area (TPSA) is 151 Å². The number of likely N-dealkylation sites (tertiary alicyclic amines) is 1. The number of ether oxygens (including phenoxy) is 2. The molecule has 3 aromatic heterocycles. The van der Waals surface area contributed by atoms with Crippen molar-refractivity contribution < 1.29 is 41.8 Å². The van der Waals surface area contributed by atoms with E-state index in [-0.39, 0.29) is 44.1 Å². The van der Waals surface area contributed by atoms with Gasteiger partial charge in [-0.25, -0.2) is 10.4 Å². The summed E-state index contributed by atoms with van der Waals surface area (Å²) in [5, 5.41) is 7.26. The minimum absolute atomic E-state index is 0. The molecule has 1 unspecified atom stereocenters. The number of halogens is 3. The van der Waals surface area contributed by atoms with Crippen molar-refractivity contribution >= 4 is 63.0 Å². The van der Waals surface area contributed by atoms with Gasteiger partial charge >= 0.3 is 12.1 Å². The number of pyridine rings is 1. The molecule has 14 nitrogen and oxygen atoms in total. The Morgan fingerprint density at radius 3 is 2.59 bits per heavy atom. The molecule has 375 valence electrons. The number of fused-ring (bicyclic) bond motifs is 8. The number of cyclic esters (lactones) is 1. The first-order valence-electron chi connectivity index (χ1n) is 22.9. The van der Waals surface area contributed by atoms with Gasteiger partial charge in [0, 0.05) is 75.9 Å². The van der Waals surface area contributed by atoms with E-state index >= 15 is 0 Å². The molecule has 0 saturated carbocycles. The fraction of sp³-hybridized carbons (Fsp3) is 0.531. The van der Waals surface area contributed by atoms with Gasteiger partial charge in [-0.1, -0.05) is 51.9 Å². The van der Waals surface area contributed by atoms with Crippen LogP contribution in [0.25, 0.3) is 33.4 Å². The number of nitrogens with one attached hydrogen (secondary N) is 2. The molecule has 1 aliphatic carbocycles. The van der Waals surface area contributed by atoms with Crippen molar-refractivity contribution in [3.05, 3.63) is 58.2 Å². The van der Waals surface area contributed by atoms with Crippen molar-refractivity contribution in [1.29, 1.82) is 0 Å². The van der Waals surface area contributed by atoms with Crippen molar-refractivity contribution in [1.82, 2.24) is 40.1 Å². The summed E-state index contributed by atoms with van der Waals surface area (Å²) < 4.78 is 57.0. The van der Waals surface area contributed by atoms with Gasteiger partial charge in [-0.3, -0.25) is 34.1 Å². The number of aromatic nitrogens is 3. The van der Waals surface area contributed by atoms with Gasteiger partial charge in [-0.05, 0) is 82.5 Å². The molecular weight excluding hydrogens is 1180 g/mol. The van der Waals surface area contributed by atoms with Gasteiger partial charge in [-0.15, -0.1) is 11.3 Å². The van der Waals surface area contributed by atoms with E-state index in [0.717, 1.165) is 0 Å². The van der Waals surface area contributed by atoms with Crippen molar-refractivity contribution in [2.24, 2.45) is 17.3 Å². The SMILES string of the molecule is CC(C)[C@H](COC1CN(C(=O)C#CC(C)(C)N(C)C)C1)C(=O)N[C@H]1Cc2nc(cs2)-c2ccc3c(c2)c2c(n3CC(F)(F)F)-c3cccnc3C(=S)C2C(C)(C)COC(=O)[C@@H]2CCCN(N2)C1=O.[Md]. The monoisotopic (exact) mass is 1230 g/mol. The first kappa shape index (κ1) is 50.6. The number of hydrogen-bond donors (Lipinski definition) is 2. The molecule has 6 bridgehead atoms. The van der Waals surface area contributed by atoms with Crippen LogP contribution in [0.5, 0.6) is 0 Å². The normalized spacial score (nSPS) is 21.1. The van der Waals surface area contributed by atoms with Crippen LogP contribution in [0, 0.1) is 29.1 Å². The van der Waals surface area contributed by atoms with Crippen LogP contribution in [0.2, 0.25) is 0 Å². The Labute approximate surface area is 403 Å². The molecule has 69 heavy (non-hydrogen) atoms. The summed E-state index contributed by atoms with van der Waals surface area (Å²) in [6, 6.07) is 6.62. The summed E-state index contributed by atoms with van der Waals surface area (Å²) in [5.41, 5.74) is 4.99. The molecule has 20 heteroatoms. The largest absolute Gasteiger partial charge is 0.464 e. The molecule has 2 fully saturated rings. The van der Waals surface area contributed by atoms with Crippen molar-refractivity contribution in [3.8, 4) is 34.4 Å². The Bertz CT molecular complexity index is 2720. The van der Waals surface area contributed by atoms with Gasteiger partial charge in [0.2, 0.25) is 5.91 Å². The molecular formula is C49H57F3MdN8O6S2. The number of nitrogens with zero attached hydrogens (tertiary/aromatic N) is 6. The number of alkyl halides is 3. The number of amides is 3. The fourth-order valence-corrected chi connectivity index (χ4v) is 10.6. The van der Waals surface area contributed by atoms with Crippen molar-refractivity contribution in [3.63, 3.8) is 0 Å². The van der Waals surface area contributed by atoms with E-state index in [1.807, 2.05) is 72.0 Å². The molecule has 4 aromatic rings. The van der Waals surface area contributed by atoms with Crippen molar-refractivity contribution in [2.75, 3.05) is 46.9 Å². The number of carbonyl (C=O) groups excluding carboxylic acids is 4. The number of hydrogen-bond acceptors (Lipinski definition) is 12. The number of rotatable bonds is 8. The smallest absolute Gasteiger partial charge is 0.406 e. The average Bonchev–Trinajstić information content (AvgIpc) is 3.86. The number of thiocarbonyl (C=S) groups is 1. The van der Waals surface area contributed by atoms with E-state index in [9.17, 15) is 32.3 Å². The zero-order chi connectivity index (χ0) is 49.0. The summed E-state index contributed by atoms with van der Waals surface area (Å²) in [6.07, 6.45) is -2.45. The van der Waals surface area contributed by atoms with Crippen LogP contribution < -0.4 is 10.7 Å². The third-order valence-corrected chi connectivity index (χ3v) is 14.9. The zero-order valence-corrected chi connectivity index (χ0v) is 43.7. The second kappa shape index (κ2) is 19.3. The fourth-order valence-electron chi connectivity index (χ4n) is 9.12. The first-order valence-corrected chi connectivity index (χ1v) is 24.1. The molecule has 3 aliphatic heterocycles. The van der Waals surface area contributed by atoms with Crippen LogP contribution in [0.4, 0.5) is 13.2 Å². The van der Waals surface area contributed by atoms with Crippen LogP contribution in [0.15, 0.2) is 41.9 Å². The number of benzene rings is 1. The standard InChI is InChI=1S/C49H57F3N8O6S2.Md/c1-27(2)32(23-65-29-21-58(22-29)38(61)15-16-48(5,6)57(7)8)44(62)55-34-20-37-54-35(24-68-37)28-13-14-36-31(19-28)39-40(47(3,4)26-66-46(64)33-12-10-18-60(56-33)45(34)63)43(67)41-30(11-9-17-53-41)42(39)59(36)25-49(50,51)52;/h9,11,13-14,17,19,24,27,29,32-34,40,56H,10,12,18,20-23,25-26H2,1-8H3,(H,55,62);/t32-,33-,34-,40?;/m0./s1. The summed E-state index contributed by atoms with van der Waals surface area (Å²) >= 11 is 7.45. The molecule has 2 saturated heterocycles. The van der Waals surface area contributed by atoms with Gasteiger partial charge < -0.3 is 24.3 Å². The predicted octanol–water partition coefficient (Wildman–Crippen LogP) is 6.15. The summed E-state index contributed by atoms with van der Waals surface area (Å²) in [7, 11) is 3.79. The van der Waals surface area contributed by atoms with Crippen LogP contribution in [-0.4, -0.2) is 135 Å². The maximum absolute atomic E-state index is 14.6. The minimum Gasteiger partial charge on any atom is -0.464 e. The maximum atomic E-state index is 14.6. The van der Waals surface area contributed by atoms with E-state index in [4.69, 9.17) is 26.7 Å². The number of carbonyl (C=O) groups is 4. The van der Waals surface area contributed by atoms with Crippen molar-refractivity contribution in [2.45, 2.75) is 103 Å². The number of thiazole rings is 1. The number of hydrazine groups is 1. The van der Waals surface area contributed by atoms with Gasteiger partial charge in [0.1, 0.15) is 18.6 Å². The van der Waals surface area contributed by atoms with Gasteiger partial charge in [0.25, 0.3) is 11.8 Å². The van der Waals surface area contributed by atoms with Crippen LogP contribution >= 0.6 is 23.6 Å². The molecule has 1 radical (unpaired) electrons. The van der Waals surface area contributed by atoms with Gasteiger partial charge in [-0.2, -0.15) is 13.2 Å². The molecule has 6 heterocycles. The van der Waals surface area contributed by atoms with E-state index in [1.165, 1.54) is 20.9 Å². The van der Waals surface area contributed by atoms with Crippen LogP contribution in [0.3, 0.4) is 0 Å². The number of esters is 1. The summed E-state index contributed by atoms with van der Waals surface area (Å²) in [6.45, 7) is 11.0. The quantitative estimate of drug-likeness (QED) is 0.119. The minimum atomic E-state index is -4.57. The first-order chi connectivity index (χ1) is 32.0. The third-order valence-electron chi connectivity index (χ3n) is 13.6. The maximum Gasteiger partial charge on any atom is 0.406 e. The summed E-state index contributed by atoms with van der Waals surface area (Å²) in [5.74, 6) is 2.44. The van der Waals surface area contributed by atoms with E-state index in [0.29, 0.717) is 80.5 Å². The van der Waals surface area contributed by atoms with E-state index < -0.39 is 65.4 Å². The third kappa shape index (κ3) is 10.2. The van der Waals surface area contributed by atoms with E-state index in [1.54, 1.807) is 35.4 Å². The van der Waals surface area contributed by atoms with Gasteiger partial charge in [0.15, 0.2) is 0 Å². The molecule has 1 aromatic carbocycles. The molecule has 2 N–H and O–H groups in total. The Morgan fingerprint density at radius 1 is 1.16 bits per heavy atom. The predicted molar refractivity (Wildman–Crippen MR) is 255 cm³/mol. The molecule has 8 rings (SSSR count). The second-order valence-corrected chi connectivity index (χ2v) is 21.3. The molecule has 0 spiro atoms. The molecule has 3 amide bonds. The van der Waals surface area contributed by atoms with E-state index in [2.05, 4.69) is 27.6 Å². The van der Waals surface area contributed by atoms with Gasteiger partial charge in [0.05, 0.1) is 52.9 Å². The van der Waals surface area contributed by atoms with Crippen LogP contribution in [0.1, 0.15) is 76.6 Å². The Hall–Kier alpha value is -6.26. The Kier molecular flexibility index (Phi) is 14.1. The van der Waals surface area contributed by atoms with Crippen LogP contribution in [-0.2, 0) is 41.6 Å².